The van der Waals surface area contributed by atoms with Crippen molar-refractivity contribution in [3.05, 3.63) is 28.2 Å². The molecule has 2 N–H and O–H groups in total. The molecule has 0 amide bonds. The summed E-state index contributed by atoms with van der Waals surface area (Å²) in [6, 6.07) is 6.34. The second kappa shape index (κ2) is 4.22. The van der Waals surface area contributed by atoms with Crippen LogP contribution in [0.4, 0.5) is 0 Å². The molecule has 98 valence electrons. The topological polar surface area (TPSA) is 44.5 Å². The standard InChI is InChI=1S/C14H18BrNO2/c1-17-12-3-2-10(6-11(12)15)14(8-18-9-14)13(7-16)4-5-13/h2-3,6H,4-5,7-9,16H2,1H3. The van der Waals surface area contributed by atoms with Crippen LogP contribution >= 0.6 is 15.9 Å². The van der Waals surface area contributed by atoms with E-state index < -0.39 is 0 Å². The van der Waals surface area contributed by atoms with E-state index in [2.05, 4.69) is 28.1 Å². The number of hydrogen-bond acceptors (Lipinski definition) is 3. The molecule has 1 saturated carbocycles. The number of benzene rings is 1. The summed E-state index contributed by atoms with van der Waals surface area (Å²) >= 11 is 3.57. The first-order valence-corrected chi connectivity index (χ1v) is 7.09. The van der Waals surface area contributed by atoms with Gasteiger partial charge in [0.2, 0.25) is 0 Å². The molecule has 2 fully saturated rings. The maximum atomic E-state index is 6.00. The Balaban J connectivity index is 2.00. The molecule has 3 rings (SSSR count). The molecule has 1 aliphatic heterocycles. The van der Waals surface area contributed by atoms with Crippen LogP contribution in [0.1, 0.15) is 18.4 Å². The first-order chi connectivity index (χ1) is 8.67. The van der Waals surface area contributed by atoms with E-state index in [4.69, 9.17) is 15.2 Å². The SMILES string of the molecule is COc1ccc(C2(C3(CN)CC3)COC2)cc1Br. The maximum Gasteiger partial charge on any atom is 0.133 e. The van der Waals surface area contributed by atoms with Gasteiger partial charge in [-0.05, 0) is 58.4 Å². The van der Waals surface area contributed by atoms with Crippen molar-refractivity contribution < 1.29 is 9.47 Å². The van der Waals surface area contributed by atoms with Crippen LogP contribution in [0.15, 0.2) is 22.7 Å². The smallest absolute Gasteiger partial charge is 0.133 e. The Kier molecular flexibility index (Phi) is 2.92. The Morgan fingerprint density at radius 3 is 2.50 bits per heavy atom. The molecule has 0 bridgehead atoms. The van der Waals surface area contributed by atoms with Gasteiger partial charge in [0.1, 0.15) is 5.75 Å². The quantitative estimate of drug-likeness (QED) is 0.929. The number of nitrogens with two attached hydrogens (primary N) is 1. The van der Waals surface area contributed by atoms with Crippen LogP contribution in [-0.2, 0) is 10.2 Å². The van der Waals surface area contributed by atoms with Gasteiger partial charge in [0.05, 0.1) is 24.8 Å². The monoisotopic (exact) mass is 311 g/mol. The van der Waals surface area contributed by atoms with Crippen molar-refractivity contribution in [2.24, 2.45) is 11.1 Å². The third kappa shape index (κ3) is 1.55. The Labute approximate surface area is 116 Å². The second-order valence-corrected chi connectivity index (χ2v) is 6.26. The van der Waals surface area contributed by atoms with Crippen LogP contribution in [0.2, 0.25) is 0 Å². The molecule has 4 heteroatoms. The molecule has 1 saturated heterocycles. The van der Waals surface area contributed by atoms with Crippen LogP contribution in [-0.4, -0.2) is 26.9 Å². The van der Waals surface area contributed by atoms with Gasteiger partial charge in [-0.15, -0.1) is 0 Å². The predicted octanol–water partition coefficient (Wildman–Crippen LogP) is 2.46. The van der Waals surface area contributed by atoms with Gasteiger partial charge < -0.3 is 15.2 Å². The third-order valence-corrected chi connectivity index (χ3v) is 5.28. The average molecular weight is 312 g/mol. The molecular weight excluding hydrogens is 294 g/mol. The largest absolute Gasteiger partial charge is 0.496 e. The first kappa shape index (κ1) is 12.5. The fourth-order valence-electron chi connectivity index (χ4n) is 3.08. The van der Waals surface area contributed by atoms with E-state index in [-0.39, 0.29) is 10.8 Å². The Morgan fingerprint density at radius 2 is 2.11 bits per heavy atom. The van der Waals surface area contributed by atoms with Crippen LogP contribution in [0.3, 0.4) is 0 Å². The number of hydrogen-bond donors (Lipinski definition) is 1. The van der Waals surface area contributed by atoms with Crippen molar-refractivity contribution in [3.8, 4) is 5.75 Å². The molecule has 0 aromatic heterocycles. The molecule has 3 nitrogen and oxygen atoms in total. The van der Waals surface area contributed by atoms with Crippen LogP contribution in [0.5, 0.6) is 5.75 Å². The van der Waals surface area contributed by atoms with Crippen molar-refractivity contribution >= 4 is 15.9 Å². The summed E-state index contributed by atoms with van der Waals surface area (Å²) in [5.41, 5.74) is 7.71. The first-order valence-electron chi connectivity index (χ1n) is 6.29. The average Bonchev–Trinajstić information content (AvgIpc) is 3.09. The van der Waals surface area contributed by atoms with Gasteiger partial charge >= 0.3 is 0 Å². The molecule has 18 heavy (non-hydrogen) atoms. The maximum absolute atomic E-state index is 6.00. The zero-order chi connectivity index (χ0) is 12.8. The summed E-state index contributed by atoms with van der Waals surface area (Å²) in [4.78, 5) is 0. The van der Waals surface area contributed by atoms with E-state index in [1.807, 2.05) is 6.07 Å². The normalized spacial score (nSPS) is 23.3. The lowest BCUT2D eigenvalue weighted by Crippen LogP contribution is -2.55. The lowest BCUT2D eigenvalue weighted by molar-refractivity contribution is -0.0973. The van der Waals surface area contributed by atoms with E-state index >= 15 is 0 Å². The summed E-state index contributed by atoms with van der Waals surface area (Å²) in [6.07, 6.45) is 2.44. The molecule has 0 spiro atoms. The molecular formula is C14H18BrNO2. The highest BCUT2D eigenvalue weighted by atomic mass is 79.9. The van der Waals surface area contributed by atoms with Crippen molar-refractivity contribution in [3.63, 3.8) is 0 Å². The number of methoxy groups -OCH3 is 1. The van der Waals surface area contributed by atoms with Gasteiger partial charge in [0.25, 0.3) is 0 Å². The van der Waals surface area contributed by atoms with Crippen LogP contribution in [0.25, 0.3) is 0 Å². The minimum absolute atomic E-state index is 0.122. The lowest BCUT2D eigenvalue weighted by Gasteiger charge is -2.48. The second-order valence-electron chi connectivity index (χ2n) is 5.41. The van der Waals surface area contributed by atoms with Crippen LogP contribution in [0, 0.1) is 5.41 Å². The Hall–Kier alpha value is -0.580. The Bertz CT molecular complexity index is 467. The molecule has 0 unspecified atom stereocenters. The molecule has 1 aliphatic carbocycles. The fourth-order valence-corrected chi connectivity index (χ4v) is 3.62. The van der Waals surface area contributed by atoms with Crippen LogP contribution < -0.4 is 10.5 Å². The lowest BCUT2D eigenvalue weighted by atomic mass is 9.66. The number of ether oxygens (including phenoxy) is 2. The third-order valence-electron chi connectivity index (χ3n) is 4.66. The molecule has 1 aromatic carbocycles. The number of rotatable bonds is 4. The zero-order valence-corrected chi connectivity index (χ0v) is 12.1. The minimum Gasteiger partial charge on any atom is -0.496 e. The molecule has 1 aromatic rings. The van der Waals surface area contributed by atoms with E-state index in [9.17, 15) is 0 Å². The van der Waals surface area contributed by atoms with Crippen molar-refractivity contribution in [2.75, 3.05) is 26.9 Å². The summed E-state index contributed by atoms with van der Waals surface area (Å²) in [7, 11) is 1.68. The highest BCUT2D eigenvalue weighted by Gasteiger charge is 2.62. The van der Waals surface area contributed by atoms with Gasteiger partial charge in [-0.3, -0.25) is 0 Å². The highest BCUT2D eigenvalue weighted by molar-refractivity contribution is 9.10. The predicted molar refractivity (Wildman–Crippen MR) is 73.9 cm³/mol. The van der Waals surface area contributed by atoms with Crippen molar-refractivity contribution in [2.45, 2.75) is 18.3 Å². The van der Waals surface area contributed by atoms with Gasteiger partial charge in [-0.25, -0.2) is 0 Å². The van der Waals surface area contributed by atoms with E-state index in [0.29, 0.717) is 0 Å². The Morgan fingerprint density at radius 1 is 1.39 bits per heavy atom. The van der Waals surface area contributed by atoms with Gasteiger partial charge in [0.15, 0.2) is 0 Å². The van der Waals surface area contributed by atoms with E-state index in [1.54, 1.807) is 7.11 Å². The summed E-state index contributed by atoms with van der Waals surface area (Å²) in [5, 5.41) is 0. The minimum atomic E-state index is 0.122. The molecule has 1 heterocycles. The zero-order valence-electron chi connectivity index (χ0n) is 10.5. The molecule has 2 aliphatic rings. The number of halogens is 1. The van der Waals surface area contributed by atoms with Crippen molar-refractivity contribution in [1.82, 2.24) is 0 Å². The molecule has 0 atom stereocenters. The van der Waals surface area contributed by atoms with Gasteiger partial charge in [-0.2, -0.15) is 0 Å². The summed E-state index contributed by atoms with van der Waals surface area (Å²) in [6.45, 7) is 2.34. The van der Waals surface area contributed by atoms with Gasteiger partial charge in [-0.1, -0.05) is 6.07 Å². The van der Waals surface area contributed by atoms with E-state index in [1.165, 1.54) is 18.4 Å². The van der Waals surface area contributed by atoms with E-state index in [0.717, 1.165) is 30.0 Å². The van der Waals surface area contributed by atoms with Crippen molar-refractivity contribution in [1.29, 1.82) is 0 Å². The summed E-state index contributed by atoms with van der Waals surface area (Å²) in [5.74, 6) is 0.867. The fraction of sp³-hybridized carbons (Fsp3) is 0.571. The summed E-state index contributed by atoms with van der Waals surface area (Å²) < 4.78 is 11.8. The van der Waals surface area contributed by atoms with Gasteiger partial charge in [0, 0.05) is 5.41 Å². The highest BCUT2D eigenvalue weighted by Crippen LogP contribution is 2.62. The molecule has 0 radical (unpaired) electrons.